The van der Waals surface area contributed by atoms with E-state index >= 15 is 0 Å². The minimum atomic E-state index is -1.03. The first kappa shape index (κ1) is 78.6. The molecule has 93 heavy (non-hydrogen) atoms. The van der Waals surface area contributed by atoms with Crippen LogP contribution in [0.3, 0.4) is 0 Å². The molecule has 6 aromatic carbocycles. The maximum atomic E-state index is 13.3. The molecule has 18 nitrogen and oxygen atoms in total. The highest BCUT2D eigenvalue weighted by Crippen LogP contribution is 2.20. The van der Waals surface area contributed by atoms with Crippen molar-refractivity contribution < 1.29 is 58.0 Å². The van der Waals surface area contributed by atoms with E-state index in [0.29, 0.717) is 32.1 Å². The van der Waals surface area contributed by atoms with E-state index in [1.165, 1.54) is 10.5 Å². The molecule has 6 rings (SSSR count). The zero-order valence-electron chi connectivity index (χ0n) is 56.9. The number of rotatable bonds is 33. The van der Waals surface area contributed by atoms with Crippen molar-refractivity contribution in [3.05, 3.63) is 197 Å². The average molecular weight is 1280 g/mol. The number of carboxylic acids is 2. The molecule has 3 amide bonds. The molecule has 0 saturated carbocycles. The van der Waals surface area contributed by atoms with Gasteiger partial charge < -0.3 is 55.9 Å². The van der Waals surface area contributed by atoms with Crippen molar-refractivity contribution in [2.24, 2.45) is 0 Å². The highest BCUT2D eigenvalue weighted by Gasteiger charge is 2.32. The molecule has 0 fully saturated rings. The number of nitrogens with one attached hydrogen (secondary N) is 5. The van der Waals surface area contributed by atoms with E-state index in [1.807, 2.05) is 216 Å². The molecule has 0 aliphatic heterocycles. The van der Waals surface area contributed by atoms with E-state index in [4.69, 9.17) is 23.8 Å². The van der Waals surface area contributed by atoms with E-state index in [-0.39, 0.29) is 78.8 Å². The fraction of sp³-hybridized carbons (Fsp3) is 0.440. The fourth-order valence-corrected chi connectivity index (χ4v) is 9.99. The SMILES string of the molecule is CC(C)N[C@@H](Cc1ccccc1)C(=O)N(C)[C@@H](Cc1ccc(OC(C)C)cc1)C(=O)O.CC(C)N[C@@H](Cc1ccccc1)C(=O)N[C@H](C)Cc1ccc(OC(C)C)cc1.CC(C)N[C@@H](Cc1ccccc1)C(=O)N[C@H](CCc1ccc(OC(C)C)cc1)C(=O)O.O=C=O. The summed E-state index contributed by atoms with van der Waals surface area (Å²) in [6.07, 6.45) is 4.11. The van der Waals surface area contributed by atoms with Gasteiger partial charge in [-0.05, 0) is 157 Å². The van der Waals surface area contributed by atoms with Crippen molar-refractivity contribution in [1.82, 2.24) is 31.5 Å². The number of hydrogen-bond acceptors (Lipinski definition) is 13. The molecule has 6 aromatic rings. The predicted molar refractivity (Wildman–Crippen MR) is 365 cm³/mol. The van der Waals surface area contributed by atoms with E-state index in [9.17, 15) is 34.2 Å². The molecule has 504 valence electrons. The van der Waals surface area contributed by atoms with Gasteiger partial charge in [-0.1, -0.05) is 169 Å². The van der Waals surface area contributed by atoms with Crippen LogP contribution in [0.5, 0.6) is 17.2 Å². The Morgan fingerprint density at radius 3 is 1.04 bits per heavy atom. The smallest absolute Gasteiger partial charge is 0.373 e. The second kappa shape index (κ2) is 42.5. The topological polar surface area (TPSA) is 251 Å². The largest absolute Gasteiger partial charge is 0.491 e. The van der Waals surface area contributed by atoms with Crippen LogP contribution in [0.25, 0.3) is 0 Å². The molecule has 0 aliphatic rings. The number of likely N-dealkylation sites (N-methyl/N-ethyl adjacent to an activating group) is 1. The Balaban J connectivity index is 0.000000356. The number of carbonyl (C=O) groups is 5. The van der Waals surface area contributed by atoms with Gasteiger partial charge in [-0.3, -0.25) is 14.4 Å². The molecule has 6 atom stereocenters. The third-order valence-corrected chi connectivity index (χ3v) is 14.1. The third-order valence-electron chi connectivity index (χ3n) is 14.1. The van der Waals surface area contributed by atoms with Crippen molar-refractivity contribution in [3.8, 4) is 17.2 Å². The quantitative estimate of drug-likeness (QED) is 0.0202. The Kier molecular flexibility index (Phi) is 35.9. The average Bonchev–Trinajstić information content (AvgIpc) is 1.83. The van der Waals surface area contributed by atoms with Crippen LogP contribution in [0.15, 0.2) is 164 Å². The van der Waals surface area contributed by atoms with E-state index in [0.717, 1.165) is 51.5 Å². The lowest BCUT2D eigenvalue weighted by molar-refractivity contribution is -0.191. The molecule has 7 N–H and O–H groups in total. The Bertz CT molecular complexity index is 3120. The summed E-state index contributed by atoms with van der Waals surface area (Å²) in [7, 11) is 1.57. The van der Waals surface area contributed by atoms with Gasteiger partial charge in [0.1, 0.15) is 29.3 Å². The number of benzene rings is 6. The van der Waals surface area contributed by atoms with Crippen LogP contribution in [0.1, 0.15) is 130 Å². The number of carbonyl (C=O) groups excluding carboxylic acids is 5. The molecule has 0 aliphatic carbocycles. The minimum Gasteiger partial charge on any atom is -0.491 e. The van der Waals surface area contributed by atoms with E-state index in [1.54, 1.807) is 7.05 Å². The molecule has 0 unspecified atom stereocenters. The molecule has 18 heteroatoms. The van der Waals surface area contributed by atoms with Crippen molar-refractivity contribution in [1.29, 1.82) is 0 Å². The van der Waals surface area contributed by atoms with Crippen LogP contribution in [0.2, 0.25) is 0 Å². The van der Waals surface area contributed by atoms with Crippen molar-refractivity contribution in [2.45, 2.75) is 208 Å². The summed E-state index contributed by atoms with van der Waals surface area (Å²) >= 11 is 0. The number of aliphatic carboxylic acids is 2. The van der Waals surface area contributed by atoms with Gasteiger partial charge in [0.05, 0.1) is 36.4 Å². The van der Waals surface area contributed by atoms with Gasteiger partial charge in [-0.25, -0.2) is 9.59 Å². The van der Waals surface area contributed by atoms with Gasteiger partial charge >= 0.3 is 18.1 Å². The van der Waals surface area contributed by atoms with Crippen LogP contribution in [-0.2, 0) is 72.1 Å². The van der Waals surface area contributed by atoms with Gasteiger partial charge in [0.2, 0.25) is 17.7 Å². The second-order valence-corrected chi connectivity index (χ2v) is 24.8. The standard InChI is InChI=1S/2C25H34N2O4.C24H34N2O2.CO2/c1-17(2)26-22(15-19-9-7-6-8-10-19)24(28)27(5)23(25(29)30)16-20-11-13-21(14-12-20)31-18(3)4;1-17(2)26-23(16-20-8-6-5-7-9-20)24(28)27-22(25(29)30)15-12-19-10-13-21(14-11-19)31-18(3)4;1-17(2)25-23(16-20-9-7-6-8-10-20)24(27)26-19(5)15-21-11-13-22(14-12-21)28-18(3)4;2-1-3/h6-14,17-18,22-23,26H,15-16H2,1-5H3,(H,29,30);5-11,13-14,17-18,22-23,26H,12,15-16H2,1-4H3,(H,27,28)(H,29,30);6-14,17-19,23,25H,15-16H2,1-5H3,(H,26,27);/t22-,23-;22-,23+;19-,23+;/m011./s1. The molecule has 0 radical (unpaired) electrons. The molecule has 0 saturated heterocycles. The van der Waals surface area contributed by atoms with Crippen molar-refractivity contribution >= 4 is 35.8 Å². The normalized spacial score (nSPS) is 12.9. The monoisotopic (exact) mass is 1280 g/mol. The molecule has 0 heterocycles. The van der Waals surface area contributed by atoms with Crippen LogP contribution < -0.4 is 40.8 Å². The van der Waals surface area contributed by atoms with Crippen LogP contribution in [-0.4, -0.2) is 131 Å². The van der Waals surface area contributed by atoms with Gasteiger partial charge in [-0.2, -0.15) is 9.59 Å². The zero-order valence-corrected chi connectivity index (χ0v) is 56.9. The summed E-state index contributed by atoms with van der Waals surface area (Å²) in [5.74, 6) is -0.151. The van der Waals surface area contributed by atoms with Gasteiger partial charge in [0, 0.05) is 37.6 Å². The number of carboxylic acid groups (broad SMARTS) is 2. The Morgan fingerprint density at radius 2 is 0.710 bits per heavy atom. The minimum absolute atomic E-state index is 0.0461. The Labute approximate surface area is 552 Å². The maximum absolute atomic E-state index is 13.3. The lowest BCUT2D eigenvalue weighted by Crippen LogP contribution is -2.53. The first-order valence-corrected chi connectivity index (χ1v) is 32.1. The highest BCUT2D eigenvalue weighted by atomic mass is 16.5. The van der Waals surface area contributed by atoms with E-state index in [2.05, 4.69) is 64.7 Å². The number of aryl methyl sites for hydroxylation is 1. The third kappa shape index (κ3) is 32.4. The van der Waals surface area contributed by atoms with Crippen LogP contribution >= 0.6 is 0 Å². The van der Waals surface area contributed by atoms with Gasteiger partial charge in [0.25, 0.3) is 0 Å². The maximum Gasteiger partial charge on any atom is 0.373 e. The molecule has 0 bridgehead atoms. The fourth-order valence-electron chi connectivity index (χ4n) is 9.99. The summed E-state index contributed by atoms with van der Waals surface area (Å²) < 4.78 is 17.0. The summed E-state index contributed by atoms with van der Waals surface area (Å²) in [5.41, 5.74) is 6.21. The first-order chi connectivity index (χ1) is 44.2. The number of nitrogens with zero attached hydrogens (tertiary/aromatic N) is 1. The number of hydrogen-bond donors (Lipinski definition) is 7. The van der Waals surface area contributed by atoms with Crippen molar-refractivity contribution in [3.63, 3.8) is 0 Å². The number of amides is 3. The lowest BCUT2D eigenvalue weighted by Gasteiger charge is -2.30. The summed E-state index contributed by atoms with van der Waals surface area (Å²) in [6, 6.07) is 50.0. The zero-order chi connectivity index (χ0) is 69.0. The number of ether oxygens (including phenoxy) is 3. The Morgan fingerprint density at radius 1 is 0.398 bits per heavy atom. The predicted octanol–water partition coefficient (Wildman–Crippen LogP) is 10.7. The van der Waals surface area contributed by atoms with E-state index < -0.39 is 36.1 Å². The molecular weight excluding hydrogens is 1180 g/mol. The second-order valence-electron chi connectivity index (χ2n) is 24.8. The Hall–Kier alpha value is -8.67. The molecule has 0 spiro atoms. The lowest BCUT2D eigenvalue weighted by atomic mass is 10.0. The summed E-state index contributed by atoms with van der Waals surface area (Å²) in [6.45, 7) is 25.9. The first-order valence-electron chi connectivity index (χ1n) is 32.1. The summed E-state index contributed by atoms with van der Waals surface area (Å²) in [4.78, 5) is 80.5. The molecule has 0 aromatic heterocycles. The van der Waals surface area contributed by atoms with Gasteiger partial charge in [0.15, 0.2) is 0 Å². The summed E-state index contributed by atoms with van der Waals surface area (Å²) in [5, 5.41) is 35.3. The van der Waals surface area contributed by atoms with Crippen LogP contribution in [0, 0.1) is 0 Å². The van der Waals surface area contributed by atoms with Gasteiger partial charge in [-0.15, -0.1) is 0 Å². The van der Waals surface area contributed by atoms with Crippen LogP contribution in [0.4, 0.5) is 0 Å². The van der Waals surface area contributed by atoms with Crippen molar-refractivity contribution in [2.75, 3.05) is 7.05 Å². The highest BCUT2D eigenvalue weighted by molar-refractivity contribution is 5.88. The molecular formula is C75H102N6O12.